The van der Waals surface area contributed by atoms with Crippen LogP contribution in [-0.4, -0.2) is 97.0 Å². The number of hydrogen-bond donors (Lipinski definition) is 3. The topological polar surface area (TPSA) is 140 Å². The summed E-state index contributed by atoms with van der Waals surface area (Å²) in [5.74, 6) is -1.16. The molecule has 3 N–H and O–H groups in total. The van der Waals surface area contributed by atoms with E-state index in [-0.39, 0.29) is 88.2 Å². The van der Waals surface area contributed by atoms with Crippen LogP contribution in [-0.2, 0) is 25.7 Å². The Morgan fingerprint density at radius 1 is 1.05 bits per heavy atom. The van der Waals surface area contributed by atoms with Crippen LogP contribution >= 0.6 is 0 Å². The average Bonchev–Trinajstić information content (AvgIpc) is 4.05. The Morgan fingerprint density at radius 3 is 2.55 bits per heavy atom. The molecular weight excluding hydrogens is 707 g/mol. The molecule has 12 heteroatoms. The Morgan fingerprint density at radius 2 is 1.84 bits per heavy atom. The number of unbranched alkanes of at least 4 members (excludes halogenated alkanes) is 2. The zero-order valence-corrected chi connectivity index (χ0v) is 32.0. The second kappa shape index (κ2) is 19.4. The third-order valence-corrected chi connectivity index (χ3v) is 11.5. The summed E-state index contributed by atoms with van der Waals surface area (Å²) >= 11 is 0. The lowest BCUT2D eigenvalue weighted by Gasteiger charge is -2.60. The number of hydrogen-bond acceptors (Lipinski definition) is 10. The van der Waals surface area contributed by atoms with Crippen molar-refractivity contribution < 1.29 is 48.3 Å². The van der Waals surface area contributed by atoms with Gasteiger partial charge in [-0.25, -0.2) is 4.39 Å². The number of aliphatic hydroxyl groups excluding tert-OH is 3. The molecule has 0 saturated heterocycles. The van der Waals surface area contributed by atoms with E-state index in [1.807, 2.05) is 23.1 Å². The maximum atomic E-state index is 14.6. The Hall–Kier alpha value is -3.81. The number of aliphatic hydroxyl groups is 3. The Balaban J connectivity index is 1.53. The smallest absolute Gasteiger partial charge is 0.239 e. The van der Waals surface area contributed by atoms with E-state index in [9.17, 15) is 24.5 Å². The number of rotatable bonds is 22. The number of ether oxygens (including phenoxy) is 4. The van der Waals surface area contributed by atoms with Gasteiger partial charge in [0, 0.05) is 49.1 Å². The van der Waals surface area contributed by atoms with Crippen LogP contribution in [0.5, 0.6) is 11.5 Å². The van der Waals surface area contributed by atoms with E-state index in [1.54, 1.807) is 24.3 Å². The van der Waals surface area contributed by atoms with Gasteiger partial charge in [0.2, 0.25) is 11.7 Å². The fraction of sp³-hybridized carbons (Fsp3) is 0.581. The number of amides is 1. The SMILES string of the molecule is C=CCO[C@@]12Oc3ccc(OCc4ccccc4F)cc3[C@H]3[C@H](CCCCO)[C@@H](CCCCO)C=C(C(=NOC)C[C@@H]1N(CCOCCO)C(=O)C1CC1)[C@H]32. The first-order valence-corrected chi connectivity index (χ1v) is 19.9. The highest BCUT2D eigenvalue weighted by atomic mass is 19.1. The van der Waals surface area contributed by atoms with Crippen molar-refractivity contribution in [2.75, 3.05) is 53.3 Å². The largest absolute Gasteiger partial charge is 0.489 e. The third kappa shape index (κ3) is 9.10. The summed E-state index contributed by atoms with van der Waals surface area (Å²) in [6.45, 7) is 4.89. The molecule has 2 fully saturated rings. The van der Waals surface area contributed by atoms with Crippen molar-refractivity contribution in [3.8, 4) is 11.5 Å². The molecule has 1 amide bonds. The van der Waals surface area contributed by atoms with Crippen LogP contribution in [0, 0.1) is 29.5 Å². The monoisotopic (exact) mass is 764 g/mol. The normalized spacial score (nSPS) is 26.0. The standard InChI is InChI=1S/C43H57FN2O9/c1-3-22-54-43-39(46(18-23-52-24-21-49)42(50)29-14-15-29)27-37(45-51-2)34-25-30(10-6-8-19-47)33(12-7-9-20-48)40(41(34)43)35-26-32(16-17-38(35)55-43)53-28-31-11-4-5-13-36(31)44/h3-5,11,13,16-17,25-26,29-30,33,39-41,47-49H,1,6-10,12,14-15,18-24,27-28H2,2H3/t30-,33+,39-,40+,41+,43+/m0/s1. The van der Waals surface area contributed by atoms with E-state index in [1.165, 1.54) is 13.2 Å². The van der Waals surface area contributed by atoms with Gasteiger partial charge in [-0.15, -0.1) is 6.58 Å². The zero-order valence-electron chi connectivity index (χ0n) is 32.0. The molecule has 300 valence electrons. The summed E-state index contributed by atoms with van der Waals surface area (Å²) in [7, 11) is 1.52. The minimum atomic E-state index is -1.37. The van der Waals surface area contributed by atoms with Crippen LogP contribution in [0.4, 0.5) is 4.39 Å². The molecule has 0 radical (unpaired) electrons. The van der Waals surface area contributed by atoms with Crippen molar-refractivity contribution in [2.45, 2.75) is 82.1 Å². The Bertz CT molecular complexity index is 1660. The highest BCUT2D eigenvalue weighted by Gasteiger charge is 2.65. The number of allylic oxidation sites excluding steroid dienone is 1. The second-order valence-corrected chi connectivity index (χ2v) is 15.0. The number of benzene rings is 2. The maximum Gasteiger partial charge on any atom is 0.239 e. The summed E-state index contributed by atoms with van der Waals surface area (Å²) in [6.07, 6.45) is 10.5. The van der Waals surface area contributed by atoms with Gasteiger partial charge in [-0.2, -0.15) is 0 Å². The molecule has 1 heterocycles. The van der Waals surface area contributed by atoms with Gasteiger partial charge in [0.05, 0.1) is 38.1 Å². The van der Waals surface area contributed by atoms with Crippen molar-refractivity contribution in [3.63, 3.8) is 0 Å². The highest BCUT2D eigenvalue weighted by Crippen LogP contribution is 2.62. The number of carbonyl (C=O) groups is 1. The molecule has 3 aliphatic carbocycles. The number of halogens is 1. The molecule has 4 aliphatic rings. The van der Waals surface area contributed by atoms with Gasteiger partial charge in [0.25, 0.3) is 0 Å². The number of fused-ring (bicyclic) bond motifs is 2. The predicted molar refractivity (Wildman–Crippen MR) is 205 cm³/mol. The highest BCUT2D eigenvalue weighted by molar-refractivity contribution is 6.03. The molecule has 11 nitrogen and oxygen atoms in total. The van der Waals surface area contributed by atoms with E-state index >= 15 is 0 Å². The molecule has 1 aliphatic heterocycles. The summed E-state index contributed by atoms with van der Waals surface area (Å²) in [5, 5.41) is 33.7. The van der Waals surface area contributed by atoms with Crippen LogP contribution in [0.3, 0.4) is 0 Å². The van der Waals surface area contributed by atoms with Crippen molar-refractivity contribution >= 4 is 11.6 Å². The van der Waals surface area contributed by atoms with E-state index in [4.69, 9.17) is 23.8 Å². The molecule has 0 aromatic heterocycles. The van der Waals surface area contributed by atoms with Crippen molar-refractivity contribution in [1.82, 2.24) is 4.90 Å². The first-order chi connectivity index (χ1) is 26.9. The lowest BCUT2D eigenvalue weighted by atomic mass is 9.55. The van der Waals surface area contributed by atoms with E-state index in [0.717, 1.165) is 49.7 Å². The van der Waals surface area contributed by atoms with Crippen molar-refractivity contribution in [2.24, 2.45) is 28.8 Å². The minimum Gasteiger partial charge on any atom is -0.489 e. The zero-order chi connectivity index (χ0) is 38.8. The van der Waals surface area contributed by atoms with Crippen molar-refractivity contribution in [1.29, 1.82) is 0 Å². The first-order valence-electron chi connectivity index (χ1n) is 19.9. The summed E-state index contributed by atoms with van der Waals surface area (Å²) in [4.78, 5) is 21.7. The van der Waals surface area contributed by atoms with Crippen LogP contribution in [0.25, 0.3) is 0 Å². The van der Waals surface area contributed by atoms with Crippen LogP contribution in [0.1, 0.15) is 74.8 Å². The minimum absolute atomic E-state index is 0.00315. The molecule has 2 saturated carbocycles. The van der Waals surface area contributed by atoms with Gasteiger partial charge < -0.3 is 44.0 Å². The molecular formula is C43H57FN2O9. The average molecular weight is 765 g/mol. The summed E-state index contributed by atoms with van der Waals surface area (Å²) in [6, 6.07) is 11.6. The van der Waals surface area contributed by atoms with Gasteiger partial charge in [-0.3, -0.25) is 4.79 Å². The van der Waals surface area contributed by atoms with Gasteiger partial charge in [0.1, 0.15) is 37.1 Å². The fourth-order valence-corrected chi connectivity index (χ4v) is 8.94. The Labute approximate surface area is 323 Å². The van der Waals surface area contributed by atoms with E-state index in [0.29, 0.717) is 42.0 Å². The van der Waals surface area contributed by atoms with Crippen LogP contribution in [0.2, 0.25) is 0 Å². The van der Waals surface area contributed by atoms with Crippen molar-refractivity contribution in [3.05, 3.63) is 83.7 Å². The fourth-order valence-electron chi connectivity index (χ4n) is 8.94. The number of oxime groups is 1. The van der Waals surface area contributed by atoms with Gasteiger partial charge in [0.15, 0.2) is 0 Å². The first kappa shape index (κ1) is 40.8. The predicted octanol–water partition coefficient (Wildman–Crippen LogP) is 5.92. The molecule has 6 atom stereocenters. The molecule has 2 aromatic rings. The molecule has 0 spiro atoms. The van der Waals surface area contributed by atoms with Gasteiger partial charge >= 0.3 is 0 Å². The van der Waals surface area contributed by atoms with E-state index < -0.39 is 17.7 Å². The molecule has 55 heavy (non-hydrogen) atoms. The van der Waals surface area contributed by atoms with Crippen LogP contribution in [0.15, 0.2) is 71.9 Å². The number of nitrogens with zero attached hydrogens (tertiary/aromatic N) is 2. The summed E-state index contributed by atoms with van der Waals surface area (Å²) in [5.41, 5.74) is 3.02. The maximum absolute atomic E-state index is 14.6. The second-order valence-electron chi connectivity index (χ2n) is 15.0. The Kier molecular flexibility index (Phi) is 14.4. The molecule has 2 aromatic carbocycles. The third-order valence-electron chi connectivity index (χ3n) is 11.5. The van der Waals surface area contributed by atoms with Gasteiger partial charge in [-0.1, -0.05) is 48.3 Å². The van der Waals surface area contributed by atoms with E-state index in [2.05, 4.69) is 17.8 Å². The molecule has 0 bridgehead atoms. The molecule has 0 unspecified atom stereocenters. The van der Waals surface area contributed by atoms with Gasteiger partial charge in [-0.05, 0) is 80.2 Å². The lowest BCUT2D eigenvalue weighted by molar-refractivity contribution is -0.258. The van der Waals surface area contributed by atoms with Crippen LogP contribution < -0.4 is 9.47 Å². The quantitative estimate of drug-likeness (QED) is 0.0759. The summed E-state index contributed by atoms with van der Waals surface area (Å²) < 4.78 is 40.8. The number of carbonyl (C=O) groups excluding carboxylic acids is 1. The molecule has 6 rings (SSSR count). The lowest BCUT2D eigenvalue weighted by Crippen LogP contribution is -2.70.